The van der Waals surface area contributed by atoms with Crippen molar-refractivity contribution in [3.8, 4) is 0 Å². The van der Waals surface area contributed by atoms with Crippen molar-refractivity contribution < 1.29 is 24.4 Å². The van der Waals surface area contributed by atoms with E-state index in [-0.39, 0.29) is 6.42 Å². The van der Waals surface area contributed by atoms with Gasteiger partial charge in [0.25, 0.3) is 5.54 Å². The maximum absolute atomic E-state index is 13.2. The van der Waals surface area contributed by atoms with E-state index in [1.165, 1.54) is 0 Å². The van der Waals surface area contributed by atoms with Gasteiger partial charge in [0, 0.05) is 6.42 Å². The maximum Gasteiger partial charge on any atom is 0.373 e. The largest absolute Gasteiger partial charge is 0.476 e. The molecule has 0 saturated heterocycles. The number of rotatable bonds is 4. The third-order valence-electron chi connectivity index (χ3n) is 2.30. The van der Waals surface area contributed by atoms with Gasteiger partial charge in [0.2, 0.25) is 0 Å². The average molecular weight is 295 g/mol. The van der Waals surface area contributed by atoms with Crippen molar-refractivity contribution in [1.82, 2.24) is 0 Å². The highest BCUT2D eigenvalue weighted by molar-refractivity contribution is 9.10. The van der Waals surface area contributed by atoms with Gasteiger partial charge in [-0.25, -0.2) is 4.79 Å². The zero-order valence-electron chi connectivity index (χ0n) is 8.29. The Morgan fingerprint density at radius 1 is 1.38 bits per heavy atom. The molecule has 0 aromatic heterocycles. The van der Waals surface area contributed by atoms with Crippen LogP contribution < -0.4 is 5.73 Å². The van der Waals surface area contributed by atoms with Crippen LogP contribution in [-0.4, -0.2) is 21.4 Å². The van der Waals surface area contributed by atoms with Gasteiger partial charge in [-0.05, 0) is 21.5 Å². The van der Waals surface area contributed by atoms with Crippen LogP contribution in [0.3, 0.4) is 0 Å². The highest BCUT2D eigenvalue weighted by Crippen LogP contribution is 2.34. The van der Waals surface area contributed by atoms with Crippen molar-refractivity contribution in [3.05, 3.63) is 35.9 Å². The summed E-state index contributed by atoms with van der Waals surface area (Å²) in [4.78, 5) is 7.33. The molecule has 88 valence electrons. The van der Waals surface area contributed by atoms with Gasteiger partial charge >= 0.3 is 10.8 Å². The molecule has 1 atom stereocenters. The molecule has 0 aliphatic rings. The second-order valence-electron chi connectivity index (χ2n) is 3.55. The second kappa shape index (κ2) is 4.47. The lowest BCUT2D eigenvalue weighted by molar-refractivity contribution is -0.489. The Hall–Kier alpha value is -1.01. The maximum atomic E-state index is 13.2. The van der Waals surface area contributed by atoms with E-state index in [2.05, 4.69) is 21.7 Å². The second-order valence-corrected chi connectivity index (χ2v) is 4.54. The monoisotopic (exact) mass is 294 g/mol. The standard InChI is InChI=1S/C10H10BrF2NO2/c11-10(12,13)9(14,8(15)16)6-7-4-2-1-3-5-7/h1-5H,6,14H2,(H,15,16)/p+1. The first kappa shape index (κ1) is 13.1. The fraction of sp³-hybridized carbons (Fsp3) is 0.300. The molecule has 1 unspecified atom stereocenters. The molecule has 0 radical (unpaired) electrons. The quantitative estimate of drug-likeness (QED) is 0.822. The molecular formula is C10H11BrF2NO2+. The van der Waals surface area contributed by atoms with Crippen molar-refractivity contribution in [1.29, 1.82) is 0 Å². The Morgan fingerprint density at radius 2 is 1.88 bits per heavy atom. The lowest BCUT2D eigenvalue weighted by Gasteiger charge is -2.25. The summed E-state index contributed by atoms with van der Waals surface area (Å²) >= 11 is 2.08. The SMILES string of the molecule is [NH3+]C(Cc1ccccc1)(C(=O)O)C(F)(F)Br. The summed E-state index contributed by atoms with van der Waals surface area (Å²) in [7, 11) is 0. The molecule has 1 aromatic rings. The van der Waals surface area contributed by atoms with E-state index in [1.54, 1.807) is 30.3 Å². The summed E-state index contributed by atoms with van der Waals surface area (Å²) in [6.07, 6.45) is -0.346. The third kappa shape index (κ3) is 2.56. The minimum Gasteiger partial charge on any atom is -0.476 e. The number of benzene rings is 1. The van der Waals surface area contributed by atoms with Crippen molar-refractivity contribution in [2.24, 2.45) is 0 Å². The third-order valence-corrected chi connectivity index (χ3v) is 3.06. The first-order valence-electron chi connectivity index (χ1n) is 4.47. The van der Waals surface area contributed by atoms with Crippen LogP contribution in [0, 0.1) is 0 Å². The van der Waals surface area contributed by atoms with Crippen LogP contribution in [0.4, 0.5) is 8.78 Å². The Morgan fingerprint density at radius 3 is 2.25 bits per heavy atom. The predicted molar refractivity (Wildman–Crippen MR) is 57.3 cm³/mol. The summed E-state index contributed by atoms with van der Waals surface area (Å²) in [5.41, 5.74) is 1.23. The van der Waals surface area contributed by atoms with Crippen molar-refractivity contribution in [3.63, 3.8) is 0 Å². The molecule has 0 heterocycles. The smallest absolute Gasteiger partial charge is 0.373 e. The van der Waals surface area contributed by atoms with Crippen LogP contribution >= 0.6 is 15.9 Å². The van der Waals surface area contributed by atoms with Gasteiger partial charge in [-0.3, -0.25) is 0 Å². The van der Waals surface area contributed by atoms with Gasteiger partial charge in [0.1, 0.15) is 0 Å². The lowest BCUT2D eigenvalue weighted by atomic mass is 9.92. The van der Waals surface area contributed by atoms with Crippen molar-refractivity contribution in [2.75, 3.05) is 0 Å². The van der Waals surface area contributed by atoms with E-state index in [0.717, 1.165) is 0 Å². The van der Waals surface area contributed by atoms with Gasteiger partial charge in [-0.15, -0.1) is 0 Å². The molecule has 0 bridgehead atoms. The van der Waals surface area contributed by atoms with E-state index in [4.69, 9.17) is 5.11 Å². The van der Waals surface area contributed by atoms with Crippen LogP contribution in [-0.2, 0) is 11.2 Å². The summed E-state index contributed by atoms with van der Waals surface area (Å²) in [6, 6.07) is 8.21. The number of aliphatic carboxylic acids is 1. The minimum atomic E-state index is -3.57. The molecule has 1 rings (SSSR count). The van der Waals surface area contributed by atoms with Gasteiger partial charge in [-0.2, -0.15) is 8.78 Å². The topological polar surface area (TPSA) is 64.9 Å². The first-order chi connectivity index (χ1) is 7.27. The average Bonchev–Trinajstić information content (AvgIpc) is 2.17. The number of hydrogen-bond donors (Lipinski definition) is 2. The van der Waals surface area contributed by atoms with E-state index < -0.39 is 16.3 Å². The number of hydrogen-bond acceptors (Lipinski definition) is 1. The Bertz CT molecular complexity index is 380. The molecule has 0 spiro atoms. The van der Waals surface area contributed by atoms with Crippen molar-refractivity contribution in [2.45, 2.75) is 16.8 Å². The van der Waals surface area contributed by atoms with Crippen LogP contribution in [0.5, 0.6) is 0 Å². The van der Waals surface area contributed by atoms with E-state index in [9.17, 15) is 13.6 Å². The number of carbonyl (C=O) groups is 1. The van der Waals surface area contributed by atoms with E-state index in [0.29, 0.717) is 5.56 Å². The van der Waals surface area contributed by atoms with Gasteiger partial charge in [0.05, 0.1) is 0 Å². The molecule has 3 nitrogen and oxygen atoms in total. The fourth-order valence-corrected chi connectivity index (χ4v) is 1.55. The fourth-order valence-electron chi connectivity index (χ4n) is 1.24. The summed E-state index contributed by atoms with van der Waals surface area (Å²) < 4.78 is 26.4. The van der Waals surface area contributed by atoms with Crippen LogP contribution in [0.25, 0.3) is 0 Å². The number of carboxylic acid groups (broad SMARTS) is 1. The zero-order chi connectivity index (χ0) is 12.4. The molecule has 0 amide bonds. The Balaban J connectivity index is 3.03. The van der Waals surface area contributed by atoms with Gasteiger partial charge < -0.3 is 10.8 Å². The lowest BCUT2D eigenvalue weighted by Crippen LogP contribution is -2.83. The Labute approximate surface area is 99.4 Å². The molecule has 16 heavy (non-hydrogen) atoms. The minimum absolute atomic E-state index is 0.346. The van der Waals surface area contributed by atoms with Gasteiger partial charge in [-0.1, -0.05) is 30.3 Å². The molecule has 0 fully saturated rings. The summed E-state index contributed by atoms with van der Waals surface area (Å²) in [5, 5.41) is 8.86. The van der Waals surface area contributed by atoms with Crippen LogP contribution in [0.15, 0.2) is 30.3 Å². The molecular weight excluding hydrogens is 284 g/mol. The van der Waals surface area contributed by atoms with E-state index >= 15 is 0 Å². The molecule has 0 aliphatic carbocycles. The summed E-state index contributed by atoms with van der Waals surface area (Å²) in [5.74, 6) is -1.64. The van der Waals surface area contributed by atoms with Crippen LogP contribution in [0.2, 0.25) is 0 Å². The summed E-state index contributed by atoms with van der Waals surface area (Å²) in [6.45, 7) is 0. The van der Waals surface area contributed by atoms with Crippen molar-refractivity contribution >= 4 is 21.9 Å². The highest BCUT2D eigenvalue weighted by Gasteiger charge is 2.59. The number of quaternary nitrogens is 1. The van der Waals surface area contributed by atoms with E-state index in [1.807, 2.05) is 0 Å². The first-order valence-corrected chi connectivity index (χ1v) is 5.26. The highest BCUT2D eigenvalue weighted by atomic mass is 79.9. The Kier molecular flexibility index (Phi) is 3.64. The molecule has 1 aromatic carbocycles. The van der Waals surface area contributed by atoms with Crippen LogP contribution in [0.1, 0.15) is 5.56 Å². The number of carboxylic acids is 1. The normalized spacial score (nSPS) is 15.5. The molecule has 0 aliphatic heterocycles. The number of halogens is 3. The molecule has 6 heteroatoms. The zero-order valence-corrected chi connectivity index (χ0v) is 9.88. The molecule has 4 N–H and O–H groups in total. The molecule has 0 saturated carbocycles. The number of alkyl halides is 3. The van der Waals surface area contributed by atoms with Gasteiger partial charge in [0.15, 0.2) is 0 Å². The predicted octanol–water partition coefficient (Wildman–Crippen LogP) is 1.28.